The maximum atomic E-state index is 13.4. The Morgan fingerprint density at radius 2 is 2.31 bits per heavy atom. The van der Waals surface area contributed by atoms with Gasteiger partial charge in [0.1, 0.15) is 11.9 Å². The van der Waals surface area contributed by atoms with Crippen molar-refractivity contribution in [1.29, 1.82) is 5.26 Å². The lowest BCUT2D eigenvalue weighted by Gasteiger charge is -2.31. The molecular formula is C12H13FN2O. The Morgan fingerprint density at radius 3 is 3.06 bits per heavy atom. The molecule has 1 atom stereocenters. The summed E-state index contributed by atoms with van der Waals surface area (Å²) in [6.07, 6.45) is 0. The van der Waals surface area contributed by atoms with Crippen LogP contribution in [0.5, 0.6) is 0 Å². The number of ether oxygens (including phenoxy) is 1. The summed E-state index contributed by atoms with van der Waals surface area (Å²) in [5.41, 5.74) is 0.629. The van der Waals surface area contributed by atoms with Crippen LogP contribution in [0, 0.1) is 17.1 Å². The highest BCUT2D eigenvalue weighted by Crippen LogP contribution is 2.14. The van der Waals surface area contributed by atoms with E-state index in [4.69, 9.17) is 10.00 Å². The zero-order valence-electron chi connectivity index (χ0n) is 8.90. The van der Waals surface area contributed by atoms with E-state index in [0.29, 0.717) is 31.9 Å². The number of halogens is 1. The summed E-state index contributed by atoms with van der Waals surface area (Å²) in [6.45, 7) is 2.15. The minimum Gasteiger partial charge on any atom is -0.377 e. The van der Waals surface area contributed by atoms with Gasteiger partial charge in [-0.3, -0.25) is 4.90 Å². The molecule has 0 bridgehead atoms. The molecule has 1 fully saturated rings. The van der Waals surface area contributed by atoms with Crippen LogP contribution in [0.2, 0.25) is 0 Å². The highest BCUT2D eigenvalue weighted by atomic mass is 19.1. The number of nitrogens with zero attached hydrogens (tertiary/aromatic N) is 2. The highest BCUT2D eigenvalue weighted by Gasteiger charge is 2.23. The van der Waals surface area contributed by atoms with E-state index >= 15 is 0 Å². The SMILES string of the molecule is N#C[C@H]1COCCN1Cc1ccccc1F. The van der Waals surface area contributed by atoms with Crippen molar-refractivity contribution in [3.05, 3.63) is 35.6 Å². The third-order valence-corrected chi connectivity index (χ3v) is 2.72. The summed E-state index contributed by atoms with van der Waals surface area (Å²) in [5, 5.41) is 8.94. The van der Waals surface area contributed by atoms with Crippen LogP contribution in [-0.4, -0.2) is 30.7 Å². The first kappa shape index (κ1) is 11.1. The van der Waals surface area contributed by atoms with Gasteiger partial charge in [0.25, 0.3) is 0 Å². The van der Waals surface area contributed by atoms with Crippen LogP contribution < -0.4 is 0 Å². The molecule has 2 rings (SSSR count). The third kappa shape index (κ3) is 2.38. The topological polar surface area (TPSA) is 36.3 Å². The van der Waals surface area contributed by atoms with Crippen molar-refractivity contribution in [2.24, 2.45) is 0 Å². The monoisotopic (exact) mass is 220 g/mol. The fourth-order valence-electron chi connectivity index (χ4n) is 1.79. The molecule has 3 nitrogen and oxygen atoms in total. The number of nitriles is 1. The summed E-state index contributed by atoms with van der Waals surface area (Å²) in [5.74, 6) is -0.217. The summed E-state index contributed by atoms with van der Waals surface area (Å²) >= 11 is 0. The van der Waals surface area contributed by atoms with Crippen LogP contribution in [0.4, 0.5) is 4.39 Å². The molecule has 1 aromatic rings. The van der Waals surface area contributed by atoms with Crippen LogP contribution in [0.15, 0.2) is 24.3 Å². The Bertz CT molecular complexity index is 402. The van der Waals surface area contributed by atoms with Gasteiger partial charge in [0, 0.05) is 18.7 Å². The second-order valence-electron chi connectivity index (χ2n) is 3.78. The first-order valence-corrected chi connectivity index (χ1v) is 5.26. The van der Waals surface area contributed by atoms with Gasteiger partial charge in [0.15, 0.2) is 0 Å². The fraction of sp³-hybridized carbons (Fsp3) is 0.417. The van der Waals surface area contributed by atoms with Gasteiger partial charge in [0.05, 0.1) is 19.3 Å². The lowest BCUT2D eigenvalue weighted by Crippen LogP contribution is -2.44. The summed E-state index contributed by atoms with van der Waals surface area (Å²) in [4.78, 5) is 1.95. The molecule has 0 aromatic heterocycles. The molecule has 0 aliphatic carbocycles. The maximum Gasteiger partial charge on any atom is 0.127 e. The average Bonchev–Trinajstić information content (AvgIpc) is 2.33. The van der Waals surface area contributed by atoms with E-state index in [2.05, 4.69) is 6.07 Å². The lowest BCUT2D eigenvalue weighted by molar-refractivity contribution is 0.00845. The Hall–Kier alpha value is -1.44. The van der Waals surface area contributed by atoms with Gasteiger partial charge in [-0.05, 0) is 6.07 Å². The number of morpholine rings is 1. The molecule has 0 amide bonds. The third-order valence-electron chi connectivity index (χ3n) is 2.72. The Balaban J connectivity index is 2.09. The van der Waals surface area contributed by atoms with Gasteiger partial charge in [-0.2, -0.15) is 5.26 Å². The van der Waals surface area contributed by atoms with Gasteiger partial charge in [-0.25, -0.2) is 4.39 Å². The first-order valence-electron chi connectivity index (χ1n) is 5.26. The molecule has 16 heavy (non-hydrogen) atoms. The standard InChI is InChI=1S/C12H13FN2O/c13-12-4-2-1-3-10(12)8-15-5-6-16-9-11(15)7-14/h1-4,11H,5-6,8-9H2/t11-/m0/s1. The largest absolute Gasteiger partial charge is 0.377 e. The van der Waals surface area contributed by atoms with Crippen molar-refractivity contribution in [1.82, 2.24) is 4.90 Å². The second-order valence-corrected chi connectivity index (χ2v) is 3.78. The van der Waals surface area contributed by atoms with E-state index in [0.717, 1.165) is 0 Å². The summed E-state index contributed by atoms with van der Waals surface area (Å²) in [7, 11) is 0. The van der Waals surface area contributed by atoms with Crippen LogP contribution in [-0.2, 0) is 11.3 Å². The maximum absolute atomic E-state index is 13.4. The molecule has 0 unspecified atom stereocenters. The lowest BCUT2D eigenvalue weighted by atomic mass is 10.1. The number of hydrogen-bond donors (Lipinski definition) is 0. The van der Waals surface area contributed by atoms with Gasteiger partial charge in [0.2, 0.25) is 0 Å². The normalized spacial score (nSPS) is 21.6. The van der Waals surface area contributed by atoms with Crippen molar-refractivity contribution in [2.75, 3.05) is 19.8 Å². The van der Waals surface area contributed by atoms with Gasteiger partial charge >= 0.3 is 0 Å². The molecule has 1 aliphatic heterocycles. The van der Waals surface area contributed by atoms with Crippen molar-refractivity contribution in [3.8, 4) is 6.07 Å². The van der Waals surface area contributed by atoms with Crippen molar-refractivity contribution < 1.29 is 9.13 Å². The summed E-state index contributed by atoms with van der Waals surface area (Å²) in [6, 6.07) is 8.57. The van der Waals surface area contributed by atoms with E-state index in [1.165, 1.54) is 6.07 Å². The minimum atomic E-state index is -0.270. The molecule has 1 saturated heterocycles. The van der Waals surface area contributed by atoms with E-state index in [-0.39, 0.29) is 11.9 Å². The second kappa shape index (κ2) is 5.06. The molecule has 84 valence electrons. The van der Waals surface area contributed by atoms with E-state index in [1.54, 1.807) is 18.2 Å². The number of rotatable bonds is 2. The van der Waals surface area contributed by atoms with Crippen molar-refractivity contribution >= 4 is 0 Å². The zero-order valence-corrected chi connectivity index (χ0v) is 8.90. The molecule has 4 heteroatoms. The van der Waals surface area contributed by atoms with Gasteiger partial charge < -0.3 is 4.74 Å². The average molecular weight is 220 g/mol. The van der Waals surface area contributed by atoms with Gasteiger partial charge in [-0.15, -0.1) is 0 Å². The van der Waals surface area contributed by atoms with E-state index in [9.17, 15) is 4.39 Å². The minimum absolute atomic E-state index is 0.217. The smallest absolute Gasteiger partial charge is 0.127 e. The Labute approximate surface area is 94.0 Å². The molecule has 0 saturated carbocycles. The quantitative estimate of drug-likeness (QED) is 0.758. The number of benzene rings is 1. The molecule has 0 spiro atoms. The highest BCUT2D eigenvalue weighted by molar-refractivity contribution is 5.17. The molecular weight excluding hydrogens is 207 g/mol. The Kier molecular flexibility index (Phi) is 3.50. The van der Waals surface area contributed by atoms with Crippen molar-refractivity contribution in [2.45, 2.75) is 12.6 Å². The van der Waals surface area contributed by atoms with E-state index in [1.807, 2.05) is 4.90 Å². The molecule has 1 aliphatic rings. The summed E-state index contributed by atoms with van der Waals surface area (Å²) < 4.78 is 18.6. The molecule has 1 heterocycles. The molecule has 0 radical (unpaired) electrons. The zero-order chi connectivity index (χ0) is 11.4. The number of hydrogen-bond acceptors (Lipinski definition) is 3. The molecule has 1 aromatic carbocycles. The van der Waals surface area contributed by atoms with Crippen LogP contribution in [0.3, 0.4) is 0 Å². The van der Waals surface area contributed by atoms with Crippen LogP contribution in [0.25, 0.3) is 0 Å². The van der Waals surface area contributed by atoms with Crippen molar-refractivity contribution in [3.63, 3.8) is 0 Å². The van der Waals surface area contributed by atoms with Gasteiger partial charge in [-0.1, -0.05) is 18.2 Å². The first-order chi connectivity index (χ1) is 7.81. The van der Waals surface area contributed by atoms with Crippen LogP contribution in [0.1, 0.15) is 5.56 Å². The Morgan fingerprint density at radius 1 is 1.50 bits per heavy atom. The van der Waals surface area contributed by atoms with Crippen LogP contribution >= 0.6 is 0 Å². The van der Waals surface area contributed by atoms with E-state index < -0.39 is 0 Å². The molecule has 0 N–H and O–H groups in total. The predicted molar refractivity (Wildman–Crippen MR) is 57.0 cm³/mol. The predicted octanol–water partition coefficient (Wildman–Crippen LogP) is 1.55. The fourth-order valence-corrected chi connectivity index (χ4v) is 1.79.